The van der Waals surface area contributed by atoms with Crippen molar-refractivity contribution in [3.63, 3.8) is 0 Å². The average Bonchev–Trinajstić information content (AvgIpc) is 3.02. The molecule has 0 bridgehead atoms. The number of hydrogen-bond acceptors (Lipinski definition) is 2. The molecule has 3 nitrogen and oxygen atoms in total. The first kappa shape index (κ1) is 9.89. The smallest absolute Gasteiger partial charge is 0.174 e. The number of rotatable bonds is 0. The molecule has 4 rings (SSSR count). The fraction of sp³-hybridized carbons (Fsp3) is 0.538. The van der Waals surface area contributed by atoms with Crippen molar-refractivity contribution in [2.45, 2.75) is 43.9 Å². The molecule has 17 heavy (non-hydrogen) atoms. The minimum atomic E-state index is 0.366. The Morgan fingerprint density at radius 1 is 1.24 bits per heavy atom. The average molecular weight is 248 g/mol. The van der Waals surface area contributed by atoms with Crippen LogP contribution >= 0.6 is 11.6 Å². The highest BCUT2D eigenvalue weighted by Gasteiger charge is 2.42. The van der Waals surface area contributed by atoms with Gasteiger partial charge in [0.1, 0.15) is 5.02 Å². The summed E-state index contributed by atoms with van der Waals surface area (Å²) in [6.07, 6.45) is 11.5. The maximum absolute atomic E-state index is 6.12. The van der Waals surface area contributed by atoms with Gasteiger partial charge in [-0.1, -0.05) is 24.4 Å². The van der Waals surface area contributed by atoms with Gasteiger partial charge >= 0.3 is 0 Å². The lowest BCUT2D eigenvalue weighted by molar-refractivity contribution is 0.429. The topological polar surface area (TPSA) is 30.2 Å². The number of fused-ring (bicyclic) bond motifs is 3. The second kappa shape index (κ2) is 3.22. The van der Waals surface area contributed by atoms with Gasteiger partial charge in [0, 0.05) is 11.6 Å². The zero-order chi connectivity index (χ0) is 11.5. The van der Waals surface area contributed by atoms with Gasteiger partial charge in [0.2, 0.25) is 0 Å². The summed E-state index contributed by atoms with van der Waals surface area (Å²) in [5.41, 5.74) is 3.87. The number of aryl methyl sites for hydroxylation is 1. The Kier molecular flexibility index (Phi) is 1.88. The van der Waals surface area contributed by atoms with E-state index >= 15 is 0 Å². The fourth-order valence-electron chi connectivity index (χ4n) is 3.59. The van der Waals surface area contributed by atoms with E-state index in [2.05, 4.69) is 11.3 Å². The van der Waals surface area contributed by atoms with Crippen LogP contribution in [0.2, 0.25) is 5.02 Å². The molecule has 0 unspecified atom stereocenters. The second-order valence-corrected chi connectivity index (χ2v) is 5.77. The Morgan fingerprint density at radius 3 is 2.88 bits per heavy atom. The van der Waals surface area contributed by atoms with E-state index in [9.17, 15) is 0 Å². The molecule has 1 fully saturated rings. The van der Waals surface area contributed by atoms with Crippen LogP contribution in [0.1, 0.15) is 43.4 Å². The Hall–Kier alpha value is -1.09. The van der Waals surface area contributed by atoms with Gasteiger partial charge < -0.3 is 0 Å². The Labute approximate surface area is 105 Å². The Bertz CT molecular complexity index is 596. The number of nitrogens with zero attached hydrogens (tertiary/aromatic N) is 3. The van der Waals surface area contributed by atoms with Gasteiger partial charge in [0.05, 0.1) is 11.9 Å². The van der Waals surface area contributed by atoms with Crippen molar-refractivity contribution in [3.05, 3.63) is 28.7 Å². The predicted molar refractivity (Wildman–Crippen MR) is 66.5 cm³/mol. The summed E-state index contributed by atoms with van der Waals surface area (Å²) in [7, 11) is 0. The molecule has 2 aliphatic carbocycles. The standard InChI is InChI=1S/C13H14ClN3/c14-10-7-15-17-8-9-3-6-13(4-1-2-5-13)11(9)16-12(10)17/h7-8H,1-6H2. The molecule has 1 saturated carbocycles. The monoisotopic (exact) mass is 247 g/mol. The molecule has 2 aromatic heterocycles. The first-order valence-corrected chi connectivity index (χ1v) is 6.70. The zero-order valence-corrected chi connectivity index (χ0v) is 10.4. The van der Waals surface area contributed by atoms with E-state index in [4.69, 9.17) is 16.6 Å². The van der Waals surface area contributed by atoms with Gasteiger partial charge in [0.25, 0.3) is 0 Å². The quantitative estimate of drug-likeness (QED) is 0.716. The van der Waals surface area contributed by atoms with Crippen molar-refractivity contribution in [3.8, 4) is 0 Å². The number of aromatic nitrogens is 3. The second-order valence-electron chi connectivity index (χ2n) is 5.36. The summed E-state index contributed by atoms with van der Waals surface area (Å²) >= 11 is 6.12. The number of halogens is 1. The summed E-state index contributed by atoms with van der Waals surface area (Å²) in [5.74, 6) is 0. The van der Waals surface area contributed by atoms with Crippen molar-refractivity contribution in [1.82, 2.24) is 14.6 Å². The van der Waals surface area contributed by atoms with E-state index in [0.29, 0.717) is 10.4 Å². The minimum Gasteiger partial charge on any atom is -0.231 e. The summed E-state index contributed by atoms with van der Waals surface area (Å²) in [6.45, 7) is 0. The molecule has 88 valence electrons. The van der Waals surface area contributed by atoms with E-state index in [1.165, 1.54) is 43.4 Å². The minimum absolute atomic E-state index is 0.366. The van der Waals surface area contributed by atoms with Crippen LogP contribution in [-0.4, -0.2) is 14.6 Å². The number of hydrogen-bond donors (Lipinski definition) is 0. The molecule has 0 saturated heterocycles. The summed E-state index contributed by atoms with van der Waals surface area (Å²) in [6, 6.07) is 0. The first-order valence-electron chi connectivity index (χ1n) is 6.32. The molecule has 2 heterocycles. The first-order chi connectivity index (χ1) is 8.28. The van der Waals surface area contributed by atoms with Crippen molar-refractivity contribution in [2.75, 3.05) is 0 Å². The van der Waals surface area contributed by atoms with Crippen LogP contribution in [0, 0.1) is 0 Å². The molecule has 2 aliphatic rings. The van der Waals surface area contributed by atoms with E-state index in [0.717, 1.165) is 12.1 Å². The predicted octanol–water partition coefficient (Wildman–Crippen LogP) is 3.14. The third kappa shape index (κ3) is 1.23. The highest BCUT2D eigenvalue weighted by atomic mass is 35.5. The van der Waals surface area contributed by atoms with E-state index in [1.807, 2.05) is 4.52 Å². The van der Waals surface area contributed by atoms with Crippen LogP contribution in [-0.2, 0) is 11.8 Å². The summed E-state index contributed by atoms with van der Waals surface area (Å²) in [4.78, 5) is 4.82. The van der Waals surface area contributed by atoms with Crippen LogP contribution in [0.5, 0.6) is 0 Å². The molecule has 0 atom stereocenters. The zero-order valence-electron chi connectivity index (χ0n) is 9.62. The largest absolute Gasteiger partial charge is 0.231 e. The summed E-state index contributed by atoms with van der Waals surface area (Å²) < 4.78 is 1.81. The molecular formula is C13H14ClN3. The maximum Gasteiger partial charge on any atom is 0.174 e. The van der Waals surface area contributed by atoms with Crippen LogP contribution in [0.15, 0.2) is 12.4 Å². The van der Waals surface area contributed by atoms with Gasteiger partial charge in [-0.05, 0) is 31.2 Å². The molecule has 0 N–H and O–H groups in total. The van der Waals surface area contributed by atoms with Crippen molar-refractivity contribution in [1.29, 1.82) is 0 Å². The van der Waals surface area contributed by atoms with Crippen molar-refractivity contribution >= 4 is 17.2 Å². The maximum atomic E-state index is 6.12. The molecule has 4 heteroatoms. The van der Waals surface area contributed by atoms with Gasteiger partial charge in [-0.3, -0.25) is 0 Å². The SMILES string of the molecule is Clc1cnn2cc3c(nc12)C1(CCCC1)CC3. The van der Waals surface area contributed by atoms with Crippen LogP contribution in [0.3, 0.4) is 0 Å². The van der Waals surface area contributed by atoms with E-state index in [-0.39, 0.29) is 0 Å². The van der Waals surface area contributed by atoms with Gasteiger partial charge in [-0.25, -0.2) is 9.50 Å². The fourth-order valence-corrected chi connectivity index (χ4v) is 3.77. The third-order valence-electron chi connectivity index (χ3n) is 4.46. The van der Waals surface area contributed by atoms with E-state index in [1.54, 1.807) is 6.20 Å². The molecule has 2 aromatic rings. The highest BCUT2D eigenvalue weighted by Crippen LogP contribution is 2.49. The van der Waals surface area contributed by atoms with Gasteiger partial charge in [-0.2, -0.15) is 5.10 Å². The lowest BCUT2D eigenvalue weighted by Crippen LogP contribution is -2.19. The summed E-state index contributed by atoms with van der Waals surface area (Å²) in [5, 5.41) is 4.89. The van der Waals surface area contributed by atoms with Crippen LogP contribution in [0.25, 0.3) is 5.65 Å². The van der Waals surface area contributed by atoms with Crippen LogP contribution < -0.4 is 0 Å². The normalized spacial score (nSPS) is 21.5. The lowest BCUT2D eigenvalue weighted by Gasteiger charge is -2.22. The molecule has 1 spiro atoms. The van der Waals surface area contributed by atoms with Crippen molar-refractivity contribution in [2.24, 2.45) is 0 Å². The Balaban J connectivity index is 1.98. The van der Waals surface area contributed by atoms with Gasteiger partial charge in [-0.15, -0.1) is 0 Å². The molecular weight excluding hydrogens is 234 g/mol. The molecule has 0 amide bonds. The molecule has 0 aromatic carbocycles. The van der Waals surface area contributed by atoms with Crippen molar-refractivity contribution < 1.29 is 0 Å². The lowest BCUT2D eigenvalue weighted by atomic mass is 9.83. The molecule has 0 aliphatic heterocycles. The molecule has 0 radical (unpaired) electrons. The highest BCUT2D eigenvalue weighted by molar-refractivity contribution is 6.33. The third-order valence-corrected chi connectivity index (χ3v) is 4.73. The van der Waals surface area contributed by atoms with Crippen LogP contribution in [0.4, 0.5) is 0 Å². The van der Waals surface area contributed by atoms with E-state index < -0.39 is 0 Å². The van der Waals surface area contributed by atoms with Gasteiger partial charge in [0.15, 0.2) is 5.65 Å². The Morgan fingerprint density at radius 2 is 2.06 bits per heavy atom.